The van der Waals surface area contributed by atoms with Crippen LogP contribution in [0, 0.1) is 0 Å². The van der Waals surface area contributed by atoms with E-state index in [-0.39, 0.29) is 5.96 Å². The van der Waals surface area contributed by atoms with E-state index >= 15 is 0 Å². The highest BCUT2D eigenvalue weighted by Crippen LogP contribution is 2.14. The second-order valence-electron chi connectivity index (χ2n) is 7.15. The molecular weight excluding hydrogens is 314 g/mol. The smallest absolute Gasteiger partial charge is 0.328 e. The summed E-state index contributed by atoms with van der Waals surface area (Å²) in [5.41, 5.74) is 10.5. The van der Waals surface area contributed by atoms with Crippen molar-refractivity contribution < 1.29 is 9.90 Å². The molecule has 0 bridgehead atoms. The van der Waals surface area contributed by atoms with Crippen LogP contribution in [0.15, 0.2) is 4.99 Å². The second-order valence-corrected chi connectivity index (χ2v) is 7.15. The molecule has 1 unspecified atom stereocenters. The lowest BCUT2D eigenvalue weighted by Gasteiger charge is -2.07. The van der Waals surface area contributed by atoms with Crippen LogP contribution < -0.4 is 11.5 Å². The Morgan fingerprint density at radius 1 is 0.760 bits per heavy atom. The number of hydrogen-bond donors (Lipinski definition) is 3. The molecule has 0 radical (unpaired) electrons. The van der Waals surface area contributed by atoms with E-state index in [4.69, 9.17) is 16.6 Å². The van der Waals surface area contributed by atoms with E-state index in [1.165, 1.54) is 83.5 Å². The predicted molar refractivity (Wildman–Crippen MR) is 107 cm³/mol. The Morgan fingerprint density at radius 3 is 1.44 bits per heavy atom. The summed E-state index contributed by atoms with van der Waals surface area (Å²) in [6.45, 7) is 2.26. The zero-order valence-corrected chi connectivity index (χ0v) is 16.3. The van der Waals surface area contributed by atoms with Crippen LogP contribution >= 0.6 is 0 Å². The van der Waals surface area contributed by atoms with Crippen molar-refractivity contribution >= 4 is 11.9 Å². The summed E-state index contributed by atoms with van der Waals surface area (Å²) >= 11 is 0. The van der Waals surface area contributed by atoms with Gasteiger partial charge < -0.3 is 16.6 Å². The molecule has 0 heterocycles. The molecule has 0 aliphatic carbocycles. The molecular formula is C20H41N3O2. The van der Waals surface area contributed by atoms with Crippen molar-refractivity contribution in [2.75, 3.05) is 0 Å². The van der Waals surface area contributed by atoms with Gasteiger partial charge in [-0.25, -0.2) is 9.79 Å². The second kappa shape index (κ2) is 17.6. The van der Waals surface area contributed by atoms with Gasteiger partial charge in [-0.3, -0.25) is 0 Å². The van der Waals surface area contributed by atoms with Gasteiger partial charge in [0.05, 0.1) is 0 Å². The van der Waals surface area contributed by atoms with Crippen LogP contribution in [0.25, 0.3) is 0 Å². The van der Waals surface area contributed by atoms with Crippen molar-refractivity contribution in [3.05, 3.63) is 0 Å². The first-order valence-electron chi connectivity index (χ1n) is 10.4. The third-order valence-corrected chi connectivity index (χ3v) is 4.67. The highest BCUT2D eigenvalue weighted by Gasteiger charge is 2.15. The summed E-state index contributed by atoms with van der Waals surface area (Å²) in [4.78, 5) is 14.7. The van der Waals surface area contributed by atoms with Crippen molar-refractivity contribution in [2.45, 2.75) is 116 Å². The van der Waals surface area contributed by atoms with Crippen molar-refractivity contribution in [1.29, 1.82) is 0 Å². The van der Waals surface area contributed by atoms with Gasteiger partial charge in [-0.15, -0.1) is 0 Å². The quantitative estimate of drug-likeness (QED) is 0.183. The molecule has 0 aromatic carbocycles. The van der Waals surface area contributed by atoms with E-state index in [1.54, 1.807) is 0 Å². The Hall–Kier alpha value is -1.26. The topological polar surface area (TPSA) is 102 Å². The van der Waals surface area contributed by atoms with Crippen LogP contribution in [0.5, 0.6) is 0 Å². The molecule has 0 aliphatic heterocycles. The summed E-state index contributed by atoms with van der Waals surface area (Å²) < 4.78 is 0. The fraction of sp³-hybridized carbons (Fsp3) is 0.900. The van der Waals surface area contributed by atoms with Crippen LogP contribution in [0.2, 0.25) is 0 Å². The molecule has 25 heavy (non-hydrogen) atoms. The highest BCUT2D eigenvalue weighted by atomic mass is 16.4. The number of carbonyl (C=O) groups is 1. The number of carboxylic acids is 1. The monoisotopic (exact) mass is 355 g/mol. The van der Waals surface area contributed by atoms with E-state index in [0.717, 1.165) is 12.8 Å². The van der Waals surface area contributed by atoms with Gasteiger partial charge in [-0.05, 0) is 6.42 Å². The molecule has 148 valence electrons. The minimum atomic E-state index is -0.946. The average molecular weight is 356 g/mol. The van der Waals surface area contributed by atoms with Crippen LogP contribution in [-0.4, -0.2) is 23.1 Å². The number of hydrogen-bond acceptors (Lipinski definition) is 2. The summed E-state index contributed by atoms with van der Waals surface area (Å²) in [7, 11) is 0. The van der Waals surface area contributed by atoms with Crippen LogP contribution in [-0.2, 0) is 4.79 Å². The first kappa shape index (κ1) is 23.7. The molecule has 0 aliphatic rings. The van der Waals surface area contributed by atoms with Gasteiger partial charge >= 0.3 is 5.97 Å². The Morgan fingerprint density at radius 2 is 1.12 bits per heavy atom. The Balaban J connectivity index is 3.31. The van der Waals surface area contributed by atoms with Crippen LogP contribution in [0.3, 0.4) is 0 Å². The maximum Gasteiger partial charge on any atom is 0.328 e. The first-order valence-corrected chi connectivity index (χ1v) is 10.4. The number of carboxylic acid groups (broad SMARTS) is 1. The van der Waals surface area contributed by atoms with E-state index in [9.17, 15) is 4.79 Å². The minimum absolute atomic E-state index is 0.145. The van der Waals surface area contributed by atoms with E-state index in [1.807, 2.05) is 0 Å². The maximum absolute atomic E-state index is 11.0. The van der Waals surface area contributed by atoms with Crippen LogP contribution in [0.4, 0.5) is 0 Å². The van der Waals surface area contributed by atoms with Crippen molar-refractivity contribution in [3.8, 4) is 0 Å². The number of nitrogens with two attached hydrogens (primary N) is 2. The zero-order valence-electron chi connectivity index (χ0n) is 16.3. The van der Waals surface area contributed by atoms with Gasteiger partial charge in [-0.1, -0.05) is 103 Å². The molecule has 0 aromatic heterocycles. The fourth-order valence-corrected chi connectivity index (χ4v) is 3.13. The SMILES string of the molecule is CCCCCCCCCCCCCCCCCC(N=C(N)N)C(=O)O. The van der Waals surface area contributed by atoms with Crippen molar-refractivity contribution in [2.24, 2.45) is 16.5 Å². The van der Waals surface area contributed by atoms with Gasteiger partial charge in [0.1, 0.15) is 0 Å². The number of guanidine groups is 1. The number of aliphatic imine (C=N–C) groups is 1. The molecule has 0 aromatic rings. The molecule has 0 rings (SSSR count). The van der Waals surface area contributed by atoms with Gasteiger partial charge in [0.25, 0.3) is 0 Å². The Labute approximate surface area is 154 Å². The third-order valence-electron chi connectivity index (χ3n) is 4.67. The normalized spacial score (nSPS) is 12.0. The minimum Gasteiger partial charge on any atom is -0.480 e. The summed E-state index contributed by atoms with van der Waals surface area (Å²) in [6, 6.07) is -0.785. The van der Waals surface area contributed by atoms with Crippen molar-refractivity contribution in [1.82, 2.24) is 0 Å². The lowest BCUT2D eigenvalue weighted by Crippen LogP contribution is -2.28. The number of aliphatic carboxylic acids is 1. The molecule has 5 N–H and O–H groups in total. The molecule has 0 saturated carbocycles. The molecule has 5 nitrogen and oxygen atoms in total. The average Bonchev–Trinajstić information content (AvgIpc) is 2.56. The van der Waals surface area contributed by atoms with Crippen LogP contribution in [0.1, 0.15) is 110 Å². The molecule has 0 fully saturated rings. The van der Waals surface area contributed by atoms with E-state index < -0.39 is 12.0 Å². The van der Waals surface area contributed by atoms with E-state index in [0.29, 0.717) is 6.42 Å². The number of unbranched alkanes of at least 4 members (excludes halogenated alkanes) is 14. The summed E-state index contributed by atoms with van der Waals surface area (Å²) in [5.74, 6) is -1.09. The van der Waals surface area contributed by atoms with Crippen molar-refractivity contribution in [3.63, 3.8) is 0 Å². The Kier molecular flexibility index (Phi) is 16.7. The highest BCUT2D eigenvalue weighted by molar-refractivity contribution is 5.81. The molecule has 0 spiro atoms. The van der Waals surface area contributed by atoms with Gasteiger partial charge in [-0.2, -0.15) is 0 Å². The lowest BCUT2D eigenvalue weighted by atomic mass is 10.0. The van der Waals surface area contributed by atoms with Gasteiger partial charge in [0.2, 0.25) is 0 Å². The molecule has 5 heteroatoms. The largest absolute Gasteiger partial charge is 0.480 e. The molecule has 0 amide bonds. The number of nitrogens with zero attached hydrogens (tertiary/aromatic N) is 1. The van der Waals surface area contributed by atoms with Gasteiger partial charge in [0, 0.05) is 0 Å². The maximum atomic E-state index is 11.0. The third kappa shape index (κ3) is 17.4. The van der Waals surface area contributed by atoms with Gasteiger partial charge in [0.15, 0.2) is 12.0 Å². The Bertz CT molecular complexity index is 342. The summed E-state index contributed by atoms with van der Waals surface area (Å²) in [6.07, 6.45) is 20.0. The predicted octanol–water partition coefficient (Wildman–Crippen LogP) is 4.97. The standard InChI is InChI=1S/C20H41N3O2/c1-2-3-4-5-6-7-8-9-10-11-12-13-14-15-16-17-18(19(24)25)23-20(21)22/h18H,2-17H2,1H3,(H,24,25)(H4,21,22,23). The molecule has 0 saturated heterocycles. The lowest BCUT2D eigenvalue weighted by molar-refractivity contribution is -0.138. The molecule has 1 atom stereocenters. The number of rotatable bonds is 18. The summed E-state index contributed by atoms with van der Waals surface area (Å²) in [5, 5.41) is 9.02. The fourth-order valence-electron chi connectivity index (χ4n) is 3.13. The zero-order chi connectivity index (χ0) is 18.8. The van der Waals surface area contributed by atoms with E-state index in [2.05, 4.69) is 11.9 Å². The first-order chi connectivity index (χ1) is 12.1.